The fourth-order valence-electron chi connectivity index (χ4n) is 5.30. The third-order valence-electron chi connectivity index (χ3n) is 8.09. The first-order chi connectivity index (χ1) is 20.3. The zero-order valence-corrected chi connectivity index (χ0v) is 28.0. The van der Waals surface area contributed by atoms with Crippen LogP contribution in [0.5, 0.6) is 0 Å². The van der Waals surface area contributed by atoms with Crippen molar-refractivity contribution in [2.24, 2.45) is 0 Å². The lowest BCUT2D eigenvalue weighted by atomic mass is 10.0. The van der Waals surface area contributed by atoms with Crippen LogP contribution in [0.3, 0.4) is 0 Å². The molecule has 0 aromatic carbocycles. The van der Waals surface area contributed by atoms with E-state index in [2.05, 4.69) is 50.3 Å². The van der Waals surface area contributed by atoms with Crippen molar-refractivity contribution in [1.82, 2.24) is 0 Å². The van der Waals surface area contributed by atoms with E-state index in [4.69, 9.17) is 4.74 Å². The Morgan fingerprint density at radius 2 is 0.780 bits per heavy atom. The topological polar surface area (TPSA) is 26.3 Å². The molecule has 240 valence electrons. The summed E-state index contributed by atoms with van der Waals surface area (Å²) in [6.07, 6.45) is 50.7. The molecule has 0 amide bonds. The summed E-state index contributed by atoms with van der Waals surface area (Å²) in [6.45, 7) is 5.14. The van der Waals surface area contributed by atoms with Crippen LogP contribution in [-0.4, -0.2) is 12.6 Å². The van der Waals surface area contributed by atoms with Crippen LogP contribution < -0.4 is 0 Å². The first-order valence-electron chi connectivity index (χ1n) is 18.4. The van der Waals surface area contributed by atoms with Crippen molar-refractivity contribution < 1.29 is 9.53 Å². The molecule has 0 bridgehead atoms. The number of unbranched alkanes of at least 4 members (excludes halogenated alkanes) is 25. The number of carbonyl (C=O) groups is 1. The Morgan fingerprint density at radius 1 is 0.415 bits per heavy atom. The Labute approximate surface area is 258 Å². The van der Waals surface area contributed by atoms with Crippen molar-refractivity contribution in [3.63, 3.8) is 0 Å². The van der Waals surface area contributed by atoms with E-state index in [0.717, 1.165) is 25.7 Å². The summed E-state index contributed by atoms with van der Waals surface area (Å²) in [5, 5.41) is 0. The maximum absolute atomic E-state index is 11.9. The number of hydrogen-bond acceptors (Lipinski definition) is 2. The van der Waals surface area contributed by atoms with E-state index in [1.54, 1.807) is 0 Å². The predicted molar refractivity (Wildman–Crippen MR) is 184 cm³/mol. The van der Waals surface area contributed by atoms with Crippen LogP contribution >= 0.6 is 0 Å². The molecule has 0 saturated heterocycles. The zero-order chi connectivity index (χ0) is 29.7. The summed E-state index contributed by atoms with van der Waals surface area (Å²) < 4.78 is 5.44. The normalized spacial score (nSPS) is 12.0. The van der Waals surface area contributed by atoms with Gasteiger partial charge in [0.05, 0.1) is 6.61 Å². The van der Waals surface area contributed by atoms with Crippen LogP contribution in [-0.2, 0) is 9.53 Å². The van der Waals surface area contributed by atoms with Gasteiger partial charge in [-0.3, -0.25) is 4.79 Å². The zero-order valence-electron chi connectivity index (χ0n) is 28.0. The standard InChI is InChI=1S/C39H72O2/c1-3-5-7-9-11-13-15-17-19-20-21-22-24-26-28-30-32-34-36-38-41-39(40)37-35-33-31-29-27-25-23-18-16-14-12-10-8-6-4-2/h10,12,14,16,18,23H,3-9,11,13,15,17,19-22,24-38H2,1-2H3. The van der Waals surface area contributed by atoms with Crippen LogP contribution in [0, 0.1) is 0 Å². The molecule has 0 aromatic heterocycles. The van der Waals surface area contributed by atoms with Crippen LogP contribution in [0.15, 0.2) is 36.5 Å². The minimum Gasteiger partial charge on any atom is -0.466 e. The molecule has 0 heterocycles. The first-order valence-corrected chi connectivity index (χ1v) is 18.4. The van der Waals surface area contributed by atoms with Gasteiger partial charge in [0.2, 0.25) is 0 Å². The lowest BCUT2D eigenvalue weighted by molar-refractivity contribution is -0.143. The fourth-order valence-corrected chi connectivity index (χ4v) is 5.30. The molecular weight excluding hydrogens is 500 g/mol. The molecule has 2 heteroatoms. The van der Waals surface area contributed by atoms with E-state index in [1.165, 1.54) is 154 Å². The highest BCUT2D eigenvalue weighted by atomic mass is 16.5. The SMILES string of the molecule is CCCCC=CC=CC=CCCCCCCCC(=O)OCCCCCCCCCCCCCCCCCCCCC. The molecule has 0 atom stereocenters. The molecule has 0 aliphatic carbocycles. The van der Waals surface area contributed by atoms with Gasteiger partial charge in [-0.1, -0.05) is 198 Å². The Kier molecular flexibility index (Phi) is 35.5. The van der Waals surface area contributed by atoms with Gasteiger partial charge in [-0.2, -0.15) is 0 Å². The quantitative estimate of drug-likeness (QED) is 0.0444. The average Bonchev–Trinajstić information content (AvgIpc) is 2.98. The summed E-state index contributed by atoms with van der Waals surface area (Å²) in [5.41, 5.74) is 0. The molecule has 0 saturated carbocycles. The third-order valence-corrected chi connectivity index (χ3v) is 8.09. The smallest absolute Gasteiger partial charge is 0.305 e. The van der Waals surface area contributed by atoms with Gasteiger partial charge in [-0.15, -0.1) is 0 Å². The van der Waals surface area contributed by atoms with Gasteiger partial charge in [0.15, 0.2) is 0 Å². The number of carbonyl (C=O) groups excluding carboxylic acids is 1. The third kappa shape index (κ3) is 36.7. The minimum atomic E-state index is 0.00544. The van der Waals surface area contributed by atoms with Gasteiger partial charge in [0.25, 0.3) is 0 Å². The van der Waals surface area contributed by atoms with Crippen molar-refractivity contribution >= 4 is 5.97 Å². The Morgan fingerprint density at radius 3 is 1.24 bits per heavy atom. The van der Waals surface area contributed by atoms with Gasteiger partial charge in [0.1, 0.15) is 0 Å². The second-order valence-corrected chi connectivity index (χ2v) is 12.3. The van der Waals surface area contributed by atoms with Gasteiger partial charge < -0.3 is 4.74 Å². The fraction of sp³-hybridized carbons (Fsp3) is 0.821. The Balaban J connectivity index is 3.23. The predicted octanol–water partition coefficient (Wildman–Crippen LogP) is 13.6. The molecule has 0 unspecified atom stereocenters. The van der Waals surface area contributed by atoms with E-state index in [-0.39, 0.29) is 5.97 Å². The molecule has 41 heavy (non-hydrogen) atoms. The van der Waals surface area contributed by atoms with E-state index in [0.29, 0.717) is 13.0 Å². The van der Waals surface area contributed by atoms with Gasteiger partial charge in [-0.05, 0) is 32.1 Å². The number of allylic oxidation sites excluding steroid dienone is 6. The van der Waals surface area contributed by atoms with Crippen LogP contribution in [0.1, 0.15) is 200 Å². The van der Waals surface area contributed by atoms with Crippen molar-refractivity contribution in [2.45, 2.75) is 200 Å². The van der Waals surface area contributed by atoms with Gasteiger partial charge in [0, 0.05) is 6.42 Å². The molecular formula is C39H72O2. The molecule has 0 rings (SSSR count). The number of hydrogen-bond donors (Lipinski definition) is 0. The highest BCUT2D eigenvalue weighted by Crippen LogP contribution is 2.15. The molecule has 0 fully saturated rings. The summed E-state index contributed by atoms with van der Waals surface area (Å²) in [7, 11) is 0. The van der Waals surface area contributed by atoms with E-state index in [9.17, 15) is 4.79 Å². The lowest BCUT2D eigenvalue weighted by Crippen LogP contribution is -2.05. The maximum Gasteiger partial charge on any atom is 0.305 e. The number of esters is 1. The van der Waals surface area contributed by atoms with Crippen molar-refractivity contribution in [3.8, 4) is 0 Å². The lowest BCUT2D eigenvalue weighted by Gasteiger charge is -2.05. The van der Waals surface area contributed by atoms with E-state index in [1.807, 2.05) is 0 Å². The number of ether oxygens (including phenoxy) is 1. The summed E-state index contributed by atoms with van der Waals surface area (Å²) in [5.74, 6) is 0.00544. The van der Waals surface area contributed by atoms with Gasteiger partial charge >= 0.3 is 5.97 Å². The van der Waals surface area contributed by atoms with Crippen molar-refractivity contribution in [1.29, 1.82) is 0 Å². The molecule has 0 radical (unpaired) electrons. The summed E-state index contributed by atoms with van der Waals surface area (Å²) in [4.78, 5) is 11.9. The maximum atomic E-state index is 11.9. The second-order valence-electron chi connectivity index (χ2n) is 12.3. The highest BCUT2D eigenvalue weighted by Gasteiger charge is 2.02. The highest BCUT2D eigenvalue weighted by molar-refractivity contribution is 5.69. The van der Waals surface area contributed by atoms with Crippen LogP contribution in [0.4, 0.5) is 0 Å². The largest absolute Gasteiger partial charge is 0.466 e. The van der Waals surface area contributed by atoms with E-state index < -0.39 is 0 Å². The van der Waals surface area contributed by atoms with Crippen LogP contribution in [0.25, 0.3) is 0 Å². The molecule has 0 aromatic rings. The monoisotopic (exact) mass is 573 g/mol. The molecule has 0 N–H and O–H groups in total. The molecule has 0 spiro atoms. The molecule has 2 nitrogen and oxygen atoms in total. The van der Waals surface area contributed by atoms with Crippen molar-refractivity contribution in [3.05, 3.63) is 36.5 Å². The first kappa shape index (κ1) is 39.7. The van der Waals surface area contributed by atoms with E-state index >= 15 is 0 Å². The Bertz CT molecular complexity index is 588. The number of rotatable bonds is 33. The Hall–Kier alpha value is -1.31. The van der Waals surface area contributed by atoms with Gasteiger partial charge in [-0.25, -0.2) is 0 Å². The molecule has 0 aliphatic rings. The summed E-state index contributed by atoms with van der Waals surface area (Å²) in [6, 6.07) is 0. The van der Waals surface area contributed by atoms with Crippen molar-refractivity contribution in [2.75, 3.05) is 6.61 Å². The second kappa shape index (κ2) is 36.7. The minimum absolute atomic E-state index is 0.00544. The summed E-state index contributed by atoms with van der Waals surface area (Å²) >= 11 is 0. The molecule has 0 aliphatic heterocycles. The van der Waals surface area contributed by atoms with Crippen LogP contribution in [0.2, 0.25) is 0 Å². The average molecular weight is 573 g/mol.